The molecular weight excluding hydrogens is 354 g/mol. The zero-order valence-corrected chi connectivity index (χ0v) is 15.5. The molecule has 2 aliphatic carbocycles. The molecule has 1 saturated heterocycles. The first-order valence-electron chi connectivity index (χ1n) is 9.48. The number of piperazine rings is 1. The Bertz CT molecular complexity index is 718. The van der Waals surface area contributed by atoms with Gasteiger partial charge in [0.05, 0.1) is 4.92 Å². The Morgan fingerprint density at radius 2 is 1.96 bits per heavy atom. The van der Waals surface area contributed by atoms with Crippen LogP contribution < -0.4 is 4.90 Å². The number of nitro benzene ring substituents is 1. The van der Waals surface area contributed by atoms with Crippen LogP contribution in [-0.2, 0) is 4.79 Å². The molecule has 3 fully saturated rings. The van der Waals surface area contributed by atoms with E-state index in [-0.39, 0.29) is 11.6 Å². The second-order valence-corrected chi connectivity index (χ2v) is 8.33. The molecule has 1 aromatic rings. The summed E-state index contributed by atoms with van der Waals surface area (Å²) in [4.78, 5) is 27.5. The highest BCUT2D eigenvalue weighted by Crippen LogP contribution is 2.49. The number of fused-ring (bicyclic) bond motifs is 2. The van der Waals surface area contributed by atoms with Crippen LogP contribution in [0.15, 0.2) is 18.2 Å². The lowest BCUT2D eigenvalue weighted by atomic mass is 9.86. The average Bonchev–Trinajstić information content (AvgIpc) is 3.25. The van der Waals surface area contributed by atoms with Crippen molar-refractivity contribution in [3.63, 3.8) is 0 Å². The molecule has 1 amide bonds. The molecule has 1 heterocycles. The molecule has 140 valence electrons. The van der Waals surface area contributed by atoms with Gasteiger partial charge in [-0.3, -0.25) is 14.9 Å². The maximum Gasteiger partial charge on any atom is 0.294 e. The fraction of sp³-hybridized carbons (Fsp3) is 0.632. The highest BCUT2D eigenvalue weighted by atomic mass is 35.5. The van der Waals surface area contributed by atoms with Crippen molar-refractivity contribution in [2.75, 3.05) is 31.1 Å². The van der Waals surface area contributed by atoms with Gasteiger partial charge in [0.1, 0.15) is 5.69 Å². The Morgan fingerprint density at radius 3 is 2.58 bits per heavy atom. The highest BCUT2D eigenvalue weighted by Gasteiger charge is 2.40. The van der Waals surface area contributed by atoms with E-state index in [1.54, 1.807) is 12.1 Å². The average molecular weight is 378 g/mol. The SMILES string of the molecule is O=C(C[C@@H]1C[C@H]2CC[C@@H]1C2)N1CCN(c2ccc(Cl)cc2[N+](=O)[O-])CC1. The number of amides is 1. The summed E-state index contributed by atoms with van der Waals surface area (Å²) in [6, 6.07) is 4.77. The van der Waals surface area contributed by atoms with E-state index in [0.29, 0.717) is 49.2 Å². The monoisotopic (exact) mass is 377 g/mol. The van der Waals surface area contributed by atoms with Crippen molar-refractivity contribution in [1.82, 2.24) is 4.90 Å². The number of hydrogen-bond donors (Lipinski definition) is 0. The van der Waals surface area contributed by atoms with Crippen molar-refractivity contribution in [3.05, 3.63) is 33.3 Å². The van der Waals surface area contributed by atoms with Crippen LogP contribution in [-0.4, -0.2) is 41.9 Å². The first-order valence-corrected chi connectivity index (χ1v) is 9.85. The molecule has 6 nitrogen and oxygen atoms in total. The van der Waals surface area contributed by atoms with E-state index in [4.69, 9.17) is 11.6 Å². The summed E-state index contributed by atoms with van der Waals surface area (Å²) in [5, 5.41) is 11.7. The zero-order valence-electron chi connectivity index (χ0n) is 14.8. The minimum absolute atomic E-state index is 0.0271. The molecule has 0 N–H and O–H groups in total. The third-order valence-corrected chi connectivity index (χ3v) is 6.66. The van der Waals surface area contributed by atoms with Crippen LogP contribution in [0.5, 0.6) is 0 Å². The Balaban J connectivity index is 1.35. The van der Waals surface area contributed by atoms with E-state index in [1.807, 2.05) is 9.80 Å². The van der Waals surface area contributed by atoms with Gasteiger partial charge >= 0.3 is 0 Å². The first kappa shape index (κ1) is 17.6. The second kappa shape index (κ2) is 7.06. The predicted octanol–water partition coefficient (Wildman–Crippen LogP) is 3.72. The van der Waals surface area contributed by atoms with Crippen molar-refractivity contribution in [3.8, 4) is 0 Å². The molecule has 3 atom stereocenters. The van der Waals surface area contributed by atoms with Gasteiger partial charge < -0.3 is 9.80 Å². The van der Waals surface area contributed by atoms with Crippen LogP contribution in [0.3, 0.4) is 0 Å². The van der Waals surface area contributed by atoms with E-state index in [1.165, 1.54) is 31.7 Å². The van der Waals surface area contributed by atoms with Crippen molar-refractivity contribution >= 4 is 28.9 Å². The van der Waals surface area contributed by atoms with Gasteiger partial charge in [-0.1, -0.05) is 18.0 Å². The van der Waals surface area contributed by atoms with Crippen LogP contribution in [0.1, 0.15) is 32.1 Å². The zero-order chi connectivity index (χ0) is 18.3. The minimum Gasteiger partial charge on any atom is -0.362 e. The number of nitro groups is 1. The van der Waals surface area contributed by atoms with Gasteiger partial charge in [0.2, 0.25) is 5.91 Å². The summed E-state index contributed by atoms with van der Waals surface area (Å²) < 4.78 is 0. The molecule has 4 rings (SSSR count). The third kappa shape index (κ3) is 3.39. The van der Waals surface area contributed by atoms with Crippen molar-refractivity contribution in [2.45, 2.75) is 32.1 Å². The lowest BCUT2D eigenvalue weighted by molar-refractivity contribution is -0.384. The molecule has 3 aliphatic rings. The molecule has 7 heteroatoms. The van der Waals surface area contributed by atoms with Gasteiger partial charge in [0.15, 0.2) is 0 Å². The number of nitrogens with zero attached hydrogens (tertiary/aromatic N) is 3. The van der Waals surface area contributed by atoms with Gasteiger partial charge in [-0.05, 0) is 49.1 Å². The minimum atomic E-state index is -0.395. The molecule has 0 radical (unpaired) electrons. The summed E-state index contributed by atoms with van der Waals surface area (Å²) >= 11 is 5.90. The van der Waals surface area contributed by atoms with Gasteiger partial charge in [-0.2, -0.15) is 0 Å². The second-order valence-electron chi connectivity index (χ2n) is 7.90. The fourth-order valence-corrected chi connectivity index (χ4v) is 5.25. The number of hydrogen-bond acceptors (Lipinski definition) is 4. The number of carbonyl (C=O) groups is 1. The molecule has 0 aromatic heterocycles. The Hall–Kier alpha value is -1.82. The summed E-state index contributed by atoms with van der Waals surface area (Å²) in [6.45, 7) is 2.48. The summed E-state index contributed by atoms with van der Waals surface area (Å²) in [7, 11) is 0. The molecule has 1 aliphatic heterocycles. The molecule has 26 heavy (non-hydrogen) atoms. The highest BCUT2D eigenvalue weighted by molar-refractivity contribution is 6.30. The molecule has 0 spiro atoms. The van der Waals surface area contributed by atoms with E-state index >= 15 is 0 Å². The Kier molecular flexibility index (Phi) is 4.78. The molecule has 1 aromatic carbocycles. The van der Waals surface area contributed by atoms with Crippen molar-refractivity contribution in [2.24, 2.45) is 17.8 Å². The van der Waals surface area contributed by atoms with Crippen LogP contribution >= 0.6 is 11.6 Å². The van der Waals surface area contributed by atoms with Crippen LogP contribution in [0, 0.1) is 27.9 Å². The standard InChI is InChI=1S/C19H24ClN3O3/c20-16-3-4-17(18(12-16)23(25)26)21-5-7-22(8-6-21)19(24)11-15-10-13-1-2-14(15)9-13/h3-4,12-15H,1-2,5-11H2/t13-,14+,15-/m0/s1. The number of carbonyl (C=O) groups excluding carboxylic acids is 1. The lowest BCUT2D eigenvalue weighted by Gasteiger charge is -2.36. The number of rotatable bonds is 4. The number of halogens is 1. The first-order chi connectivity index (χ1) is 12.5. The predicted molar refractivity (Wildman–Crippen MR) is 100 cm³/mol. The lowest BCUT2D eigenvalue weighted by Crippen LogP contribution is -2.49. The normalized spacial score (nSPS) is 27.8. The van der Waals surface area contributed by atoms with Gasteiger partial charge in [-0.15, -0.1) is 0 Å². The van der Waals surface area contributed by atoms with Gasteiger partial charge in [-0.25, -0.2) is 0 Å². The maximum atomic E-state index is 12.7. The van der Waals surface area contributed by atoms with E-state index < -0.39 is 4.92 Å². The largest absolute Gasteiger partial charge is 0.362 e. The van der Waals surface area contributed by atoms with E-state index in [0.717, 1.165) is 11.8 Å². The van der Waals surface area contributed by atoms with Crippen LogP contribution in [0.25, 0.3) is 0 Å². The summed E-state index contributed by atoms with van der Waals surface area (Å²) in [5.74, 6) is 2.46. The Labute approximate surface area is 158 Å². The molecule has 2 bridgehead atoms. The number of benzene rings is 1. The van der Waals surface area contributed by atoms with E-state index in [9.17, 15) is 14.9 Å². The van der Waals surface area contributed by atoms with Crippen molar-refractivity contribution in [1.29, 1.82) is 0 Å². The molecule has 2 saturated carbocycles. The smallest absolute Gasteiger partial charge is 0.294 e. The van der Waals surface area contributed by atoms with Gasteiger partial charge in [0, 0.05) is 43.7 Å². The van der Waals surface area contributed by atoms with Crippen LogP contribution in [0.4, 0.5) is 11.4 Å². The van der Waals surface area contributed by atoms with Crippen LogP contribution in [0.2, 0.25) is 5.02 Å². The Morgan fingerprint density at radius 1 is 1.19 bits per heavy atom. The maximum absolute atomic E-state index is 12.7. The topological polar surface area (TPSA) is 66.7 Å². The quantitative estimate of drug-likeness (QED) is 0.592. The fourth-order valence-electron chi connectivity index (χ4n) is 5.09. The molecular formula is C19H24ClN3O3. The van der Waals surface area contributed by atoms with E-state index in [2.05, 4.69) is 0 Å². The third-order valence-electron chi connectivity index (χ3n) is 6.43. The summed E-state index contributed by atoms with van der Waals surface area (Å²) in [6.07, 6.45) is 5.89. The molecule has 0 unspecified atom stereocenters. The summed E-state index contributed by atoms with van der Waals surface area (Å²) in [5.41, 5.74) is 0.610. The van der Waals surface area contributed by atoms with Gasteiger partial charge in [0.25, 0.3) is 5.69 Å². The number of anilines is 1. The van der Waals surface area contributed by atoms with Crippen molar-refractivity contribution < 1.29 is 9.72 Å².